The average molecular weight is 380 g/mol. The first-order chi connectivity index (χ1) is 13.2. The second kappa shape index (κ2) is 7.24. The van der Waals surface area contributed by atoms with Gasteiger partial charge in [0.15, 0.2) is 5.65 Å². The Hall–Kier alpha value is -3.13. The van der Waals surface area contributed by atoms with Crippen molar-refractivity contribution < 1.29 is 13.9 Å². The summed E-state index contributed by atoms with van der Waals surface area (Å²) in [6.07, 6.45) is 3.29. The molecule has 0 aliphatic heterocycles. The molecule has 136 valence electrons. The first kappa shape index (κ1) is 17.3. The van der Waals surface area contributed by atoms with Crippen LogP contribution < -0.4 is 0 Å². The van der Waals surface area contributed by atoms with Crippen LogP contribution in [0.1, 0.15) is 28.5 Å². The zero-order valence-corrected chi connectivity index (χ0v) is 15.5. The predicted octanol–water partition coefficient (Wildman–Crippen LogP) is 4.05. The van der Waals surface area contributed by atoms with Crippen molar-refractivity contribution in [2.45, 2.75) is 17.2 Å². The standard InChI is InChI=1S/C19H16N4O3S/c1-12(15-8-9-16(26-15)19(24)25-2)27-18-14-10-22-23(17(14)20-11-21-18)13-6-4-3-5-7-13/h3-12H,1-2H3. The van der Waals surface area contributed by atoms with Gasteiger partial charge in [-0.1, -0.05) is 30.0 Å². The molecule has 0 saturated carbocycles. The highest BCUT2D eigenvalue weighted by molar-refractivity contribution is 7.99. The number of carbonyl (C=O) groups is 1. The van der Waals surface area contributed by atoms with Crippen molar-refractivity contribution in [2.75, 3.05) is 7.11 Å². The molecule has 3 heterocycles. The Kier molecular flexibility index (Phi) is 4.64. The molecule has 4 aromatic rings. The zero-order chi connectivity index (χ0) is 18.8. The van der Waals surface area contributed by atoms with Crippen molar-refractivity contribution in [1.29, 1.82) is 0 Å². The van der Waals surface area contributed by atoms with Crippen molar-refractivity contribution in [3.05, 3.63) is 66.5 Å². The van der Waals surface area contributed by atoms with E-state index in [1.165, 1.54) is 25.2 Å². The largest absolute Gasteiger partial charge is 0.463 e. The van der Waals surface area contributed by atoms with Crippen LogP contribution in [0, 0.1) is 0 Å². The first-order valence-electron chi connectivity index (χ1n) is 8.26. The van der Waals surface area contributed by atoms with Crippen molar-refractivity contribution in [2.24, 2.45) is 0 Å². The quantitative estimate of drug-likeness (QED) is 0.293. The van der Waals surface area contributed by atoms with Gasteiger partial charge in [-0.2, -0.15) is 5.10 Å². The highest BCUT2D eigenvalue weighted by atomic mass is 32.2. The van der Waals surface area contributed by atoms with E-state index >= 15 is 0 Å². The van der Waals surface area contributed by atoms with Gasteiger partial charge in [-0.25, -0.2) is 19.4 Å². The summed E-state index contributed by atoms with van der Waals surface area (Å²) in [4.78, 5) is 20.4. The molecule has 0 spiro atoms. The molecule has 0 saturated heterocycles. The lowest BCUT2D eigenvalue weighted by atomic mass is 10.3. The topological polar surface area (TPSA) is 83.0 Å². The molecule has 0 N–H and O–H groups in total. The molecule has 1 aromatic carbocycles. The summed E-state index contributed by atoms with van der Waals surface area (Å²) in [7, 11) is 1.32. The minimum Gasteiger partial charge on any atom is -0.463 e. The number of hydrogen-bond acceptors (Lipinski definition) is 7. The van der Waals surface area contributed by atoms with E-state index in [2.05, 4.69) is 19.8 Å². The van der Waals surface area contributed by atoms with Gasteiger partial charge in [0.2, 0.25) is 5.76 Å². The smallest absolute Gasteiger partial charge is 0.373 e. The van der Waals surface area contributed by atoms with Crippen LogP contribution in [0.4, 0.5) is 0 Å². The number of para-hydroxylation sites is 1. The average Bonchev–Trinajstić information content (AvgIpc) is 3.36. The van der Waals surface area contributed by atoms with Crippen LogP contribution >= 0.6 is 11.8 Å². The molecule has 1 unspecified atom stereocenters. The molecule has 1 atom stereocenters. The van der Waals surface area contributed by atoms with Gasteiger partial charge in [-0.05, 0) is 31.2 Å². The third-order valence-corrected chi connectivity index (χ3v) is 5.17. The van der Waals surface area contributed by atoms with E-state index in [1.54, 1.807) is 23.0 Å². The van der Waals surface area contributed by atoms with Gasteiger partial charge in [0, 0.05) is 0 Å². The van der Waals surface area contributed by atoms with E-state index < -0.39 is 5.97 Å². The number of aromatic nitrogens is 4. The molecule has 27 heavy (non-hydrogen) atoms. The van der Waals surface area contributed by atoms with Gasteiger partial charge >= 0.3 is 5.97 Å². The number of nitrogens with zero attached hydrogens (tertiary/aromatic N) is 4. The number of thioether (sulfide) groups is 1. The summed E-state index contributed by atoms with van der Waals surface area (Å²) in [6.45, 7) is 1.99. The monoisotopic (exact) mass is 380 g/mol. The Morgan fingerprint density at radius 1 is 1.19 bits per heavy atom. The van der Waals surface area contributed by atoms with E-state index in [-0.39, 0.29) is 11.0 Å². The molecule has 4 rings (SSSR count). The number of esters is 1. The molecule has 0 fully saturated rings. The van der Waals surface area contributed by atoms with Crippen LogP contribution in [0.3, 0.4) is 0 Å². The summed E-state index contributed by atoms with van der Waals surface area (Å²) in [5.41, 5.74) is 1.67. The third-order valence-electron chi connectivity index (χ3n) is 4.03. The van der Waals surface area contributed by atoms with Crippen molar-refractivity contribution in [3.8, 4) is 5.69 Å². The van der Waals surface area contributed by atoms with Crippen LogP contribution in [0.2, 0.25) is 0 Å². The Morgan fingerprint density at radius 2 is 2.00 bits per heavy atom. The fourth-order valence-electron chi connectivity index (χ4n) is 2.68. The Morgan fingerprint density at radius 3 is 2.78 bits per heavy atom. The zero-order valence-electron chi connectivity index (χ0n) is 14.7. The molecular weight excluding hydrogens is 364 g/mol. The van der Waals surface area contributed by atoms with Gasteiger partial charge in [-0.15, -0.1) is 0 Å². The summed E-state index contributed by atoms with van der Waals surface area (Å²) < 4.78 is 12.1. The molecule has 0 aliphatic carbocycles. The fraction of sp³-hybridized carbons (Fsp3) is 0.158. The molecule has 0 radical (unpaired) electrons. The number of benzene rings is 1. The van der Waals surface area contributed by atoms with Gasteiger partial charge in [-0.3, -0.25) is 0 Å². The maximum atomic E-state index is 11.6. The SMILES string of the molecule is COC(=O)c1ccc(C(C)Sc2ncnc3c2cnn3-c2ccccc2)o1. The number of hydrogen-bond donors (Lipinski definition) is 0. The summed E-state index contributed by atoms with van der Waals surface area (Å²) in [6, 6.07) is 13.2. The number of fused-ring (bicyclic) bond motifs is 1. The van der Waals surface area contributed by atoms with E-state index in [1.807, 2.05) is 37.3 Å². The highest BCUT2D eigenvalue weighted by Gasteiger charge is 2.19. The Balaban J connectivity index is 1.64. The molecule has 8 heteroatoms. The summed E-state index contributed by atoms with van der Waals surface area (Å²) >= 11 is 1.52. The summed E-state index contributed by atoms with van der Waals surface area (Å²) in [5, 5.41) is 6.06. The van der Waals surface area contributed by atoms with E-state index in [0.717, 1.165) is 21.7 Å². The van der Waals surface area contributed by atoms with Crippen LogP contribution in [0.25, 0.3) is 16.7 Å². The van der Waals surface area contributed by atoms with E-state index in [0.29, 0.717) is 5.76 Å². The van der Waals surface area contributed by atoms with Crippen molar-refractivity contribution in [1.82, 2.24) is 19.7 Å². The number of carbonyl (C=O) groups excluding carboxylic acids is 1. The van der Waals surface area contributed by atoms with Gasteiger partial charge in [0.1, 0.15) is 17.1 Å². The van der Waals surface area contributed by atoms with Gasteiger partial charge < -0.3 is 9.15 Å². The summed E-state index contributed by atoms with van der Waals surface area (Å²) in [5.74, 6) is 0.360. The van der Waals surface area contributed by atoms with E-state index in [9.17, 15) is 4.79 Å². The highest BCUT2D eigenvalue weighted by Crippen LogP contribution is 2.37. The molecule has 0 bridgehead atoms. The lowest BCUT2D eigenvalue weighted by Crippen LogP contribution is -1.98. The number of furan rings is 1. The Labute approximate surface area is 159 Å². The maximum Gasteiger partial charge on any atom is 0.373 e. The lowest BCUT2D eigenvalue weighted by Gasteiger charge is -2.08. The van der Waals surface area contributed by atoms with Crippen molar-refractivity contribution in [3.63, 3.8) is 0 Å². The number of rotatable bonds is 5. The van der Waals surface area contributed by atoms with Crippen LogP contribution in [-0.2, 0) is 4.74 Å². The minimum atomic E-state index is -0.494. The first-order valence-corrected chi connectivity index (χ1v) is 9.14. The fourth-order valence-corrected chi connectivity index (χ4v) is 3.64. The number of methoxy groups -OCH3 is 1. The predicted molar refractivity (Wildman–Crippen MR) is 101 cm³/mol. The minimum absolute atomic E-state index is 0.0541. The molecule has 0 aliphatic rings. The normalized spacial score (nSPS) is 12.2. The third kappa shape index (κ3) is 3.31. The second-order valence-electron chi connectivity index (χ2n) is 5.76. The lowest BCUT2D eigenvalue weighted by molar-refractivity contribution is 0.0563. The van der Waals surface area contributed by atoms with Crippen LogP contribution in [-0.4, -0.2) is 32.8 Å². The molecule has 7 nitrogen and oxygen atoms in total. The van der Waals surface area contributed by atoms with Gasteiger partial charge in [0.05, 0.1) is 29.6 Å². The molecule has 3 aromatic heterocycles. The van der Waals surface area contributed by atoms with Crippen LogP contribution in [0.15, 0.2) is 64.4 Å². The van der Waals surface area contributed by atoms with Gasteiger partial charge in [0.25, 0.3) is 0 Å². The second-order valence-corrected chi connectivity index (χ2v) is 7.09. The number of ether oxygens (including phenoxy) is 1. The molecule has 0 amide bonds. The maximum absolute atomic E-state index is 11.6. The van der Waals surface area contributed by atoms with Crippen LogP contribution in [0.5, 0.6) is 0 Å². The van der Waals surface area contributed by atoms with E-state index in [4.69, 9.17) is 4.42 Å². The molecular formula is C19H16N4O3S. The Bertz CT molecular complexity index is 1090. The van der Waals surface area contributed by atoms with Crippen molar-refractivity contribution >= 4 is 28.8 Å².